The zero-order valence-electron chi connectivity index (χ0n) is 10.4. The maximum atomic E-state index is 4.13. The Kier molecular flexibility index (Phi) is 4.33. The molecule has 0 amide bonds. The molecule has 0 saturated carbocycles. The van der Waals surface area contributed by atoms with E-state index in [1.165, 1.54) is 18.5 Å². The molecule has 0 saturated heterocycles. The number of hydrogen-bond donors (Lipinski definition) is 1. The van der Waals surface area contributed by atoms with E-state index in [1.807, 2.05) is 17.9 Å². The van der Waals surface area contributed by atoms with Crippen molar-refractivity contribution in [3.63, 3.8) is 0 Å². The number of nitrogens with one attached hydrogen (secondary N) is 1. The van der Waals surface area contributed by atoms with Gasteiger partial charge in [-0.15, -0.1) is 0 Å². The Balaban J connectivity index is 2.10. The molecular weight excluding hydrogens is 186 g/mol. The van der Waals surface area contributed by atoms with E-state index in [0.717, 1.165) is 13.1 Å². The second-order valence-corrected chi connectivity index (χ2v) is 5.29. The number of nitrogens with zero attached hydrogens (tertiary/aromatic N) is 2. The van der Waals surface area contributed by atoms with Crippen molar-refractivity contribution < 1.29 is 0 Å². The molecule has 3 nitrogen and oxygen atoms in total. The first-order valence-electron chi connectivity index (χ1n) is 5.67. The van der Waals surface area contributed by atoms with E-state index in [4.69, 9.17) is 0 Å². The van der Waals surface area contributed by atoms with Crippen LogP contribution in [0.2, 0.25) is 0 Å². The van der Waals surface area contributed by atoms with Crippen LogP contribution in [0.5, 0.6) is 0 Å². The standard InChI is InChI=1S/C12H23N3/c1-12(2,3)7-5-8-13-10-11-6-9-14-15(11)4/h6,9,13H,5,7-8,10H2,1-4H3. The van der Waals surface area contributed by atoms with Gasteiger partial charge in [0.25, 0.3) is 0 Å². The van der Waals surface area contributed by atoms with Gasteiger partial charge in [-0.25, -0.2) is 0 Å². The largest absolute Gasteiger partial charge is 0.311 e. The lowest BCUT2D eigenvalue weighted by Gasteiger charge is -2.17. The summed E-state index contributed by atoms with van der Waals surface area (Å²) in [5.41, 5.74) is 1.69. The Bertz CT molecular complexity index is 283. The summed E-state index contributed by atoms with van der Waals surface area (Å²) in [7, 11) is 1.98. The van der Waals surface area contributed by atoms with Crippen LogP contribution in [0.3, 0.4) is 0 Å². The van der Waals surface area contributed by atoms with Crippen molar-refractivity contribution in [1.29, 1.82) is 0 Å². The van der Waals surface area contributed by atoms with Gasteiger partial charge in [-0.2, -0.15) is 5.10 Å². The Hall–Kier alpha value is -0.830. The number of aryl methyl sites for hydroxylation is 1. The van der Waals surface area contributed by atoms with E-state index in [-0.39, 0.29) is 0 Å². The molecule has 1 N–H and O–H groups in total. The van der Waals surface area contributed by atoms with Gasteiger partial charge in [-0.3, -0.25) is 4.68 Å². The Morgan fingerprint density at radius 2 is 2.13 bits per heavy atom. The highest BCUT2D eigenvalue weighted by Crippen LogP contribution is 2.19. The molecule has 15 heavy (non-hydrogen) atoms. The van der Waals surface area contributed by atoms with Crippen molar-refractivity contribution in [2.75, 3.05) is 6.54 Å². The fourth-order valence-corrected chi connectivity index (χ4v) is 1.53. The van der Waals surface area contributed by atoms with E-state index in [0.29, 0.717) is 5.41 Å². The summed E-state index contributed by atoms with van der Waals surface area (Å²) in [4.78, 5) is 0. The van der Waals surface area contributed by atoms with Crippen LogP contribution in [0.1, 0.15) is 39.3 Å². The third-order valence-electron chi connectivity index (χ3n) is 2.51. The molecular formula is C12H23N3. The maximum absolute atomic E-state index is 4.13. The first-order chi connectivity index (χ1) is 6.99. The van der Waals surface area contributed by atoms with Gasteiger partial charge < -0.3 is 5.32 Å². The average molecular weight is 209 g/mol. The highest BCUT2D eigenvalue weighted by atomic mass is 15.3. The molecule has 0 aliphatic rings. The maximum Gasteiger partial charge on any atom is 0.0518 e. The molecule has 0 aliphatic heterocycles. The van der Waals surface area contributed by atoms with E-state index in [1.54, 1.807) is 0 Å². The summed E-state index contributed by atoms with van der Waals surface area (Å²) in [6.45, 7) is 8.86. The van der Waals surface area contributed by atoms with Gasteiger partial charge in [0.2, 0.25) is 0 Å². The molecule has 3 heteroatoms. The summed E-state index contributed by atoms with van der Waals surface area (Å²) < 4.78 is 1.91. The predicted octanol–water partition coefficient (Wildman–Crippen LogP) is 2.34. The van der Waals surface area contributed by atoms with Gasteiger partial charge in [-0.1, -0.05) is 20.8 Å². The van der Waals surface area contributed by atoms with Crippen molar-refractivity contribution in [2.45, 2.75) is 40.2 Å². The Labute approximate surface area is 92.9 Å². The second kappa shape index (κ2) is 5.31. The van der Waals surface area contributed by atoms with Crippen LogP contribution in [-0.4, -0.2) is 16.3 Å². The van der Waals surface area contributed by atoms with Gasteiger partial charge in [-0.05, 0) is 30.9 Å². The number of hydrogen-bond acceptors (Lipinski definition) is 2. The molecule has 0 aromatic carbocycles. The summed E-state index contributed by atoms with van der Waals surface area (Å²) in [6.07, 6.45) is 4.35. The fourth-order valence-electron chi connectivity index (χ4n) is 1.53. The van der Waals surface area contributed by atoms with Gasteiger partial charge in [0.05, 0.1) is 5.69 Å². The lowest BCUT2D eigenvalue weighted by Crippen LogP contribution is -2.18. The van der Waals surface area contributed by atoms with Crippen molar-refractivity contribution in [3.05, 3.63) is 18.0 Å². The van der Waals surface area contributed by atoms with Crippen molar-refractivity contribution in [1.82, 2.24) is 15.1 Å². The van der Waals surface area contributed by atoms with Gasteiger partial charge in [0.1, 0.15) is 0 Å². The molecule has 0 radical (unpaired) electrons. The summed E-state index contributed by atoms with van der Waals surface area (Å²) in [5.74, 6) is 0. The van der Waals surface area contributed by atoms with Gasteiger partial charge >= 0.3 is 0 Å². The van der Waals surface area contributed by atoms with Crippen LogP contribution in [0.4, 0.5) is 0 Å². The third-order valence-corrected chi connectivity index (χ3v) is 2.51. The monoisotopic (exact) mass is 209 g/mol. The van der Waals surface area contributed by atoms with Crippen LogP contribution in [-0.2, 0) is 13.6 Å². The van der Waals surface area contributed by atoms with E-state index < -0.39 is 0 Å². The van der Waals surface area contributed by atoms with Crippen LogP contribution >= 0.6 is 0 Å². The summed E-state index contributed by atoms with van der Waals surface area (Å²) in [6, 6.07) is 2.05. The highest BCUT2D eigenvalue weighted by Gasteiger charge is 2.08. The normalized spacial score (nSPS) is 12.0. The first kappa shape index (κ1) is 12.2. The molecule has 86 valence electrons. The zero-order valence-corrected chi connectivity index (χ0v) is 10.4. The van der Waals surface area contributed by atoms with E-state index in [9.17, 15) is 0 Å². The minimum Gasteiger partial charge on any atom is -0.311 e. The molecule has 0 unspecified atom stereocenters. The topological polar surface area (TPSA) is 29.9 Å². The minimum absolute atomic E-state index is 0.453. The summed E-state index contributed by atoms with van der Waals surface area (Å²) in [5, 5.41) is 7.57. The lowest BCUT2D eigenvalue weighted by atomic mass is 9.91. The molecule has 0 spiro atoms. The van der Waals surface area contributed by atoms with Crippen molar-refractivity contribution in [3.8, 4) is 0 Å². The van der Waals surface area contributed by atoms with Crippen LogP contribution in [0, 0.1) is 5.41 Å². The predicted molar refractivity (Wildman–Crippen MR) is 63.6 cm³/mol. The van der Waals surface area contributed by atoms with E-state index >= 15 is 0 Å². The molecule has 1 heterocycles. The third kappa shape index (κ3) is 4.98. The number of aromatic nitrogens is 2. The fraction of sp³-hybridized carbons (Fsp3) is 0.750. The Morgan fingerprint density at radius 1 is 1.40 bits per heavy atom. The summed E-state index contributed by atoms with van der Waals surface area (Å²) >= 11 is 0. The quantitative estimate of drug-likeness (QED) is 0.754. The van der Waals surface area contributed by atoms with Gasteiger partial charge in [0, 0.05) is 19.8 Å². The molecule has 0 fully saturated rings. The molecule has 0 atom stereocenters. The molecule has 0 bridgehead atoms. The van der Waals surface area contributed by atoms with Crippen molar-refractivity contribution >= 4 is 0 Å². The van der Waals surface area contributed by atoms with Crippen LogP contribution < -0.4 is 5.32 Å². The Morgan fingerprint density at radius 3 is 2.67 bits per heavy atom. The number of rotatable bonds is 5. The lowest BCUT2D eigenvalue weighted by molar-refractivity contribution is 0.360. The SMILES string of the molecule is Cn1nccc1CNCCCC(C)(C)C. The van der Waals surface area contributed by atoms with Crippen LogP contribution in [0.15, 0.2) is 12.3 Å². The highest BCUT2D eigenvalue weighted by molar-refractivity contribution is 4.98. The second-order valence-electron chi connectivity index (χ2n) is 5.29. The molecule has 1 rings (SSSR count). The van der Waals surface area contributed by atoms with E-state index in [2.05, 4.69) is 37.3 Å². The van der Waals surface area contributed by atoms with Crippen molar-refractivity contribution in [2.24, 2.45) is 12.5 Å². The minimum atomic E-state index is 0.453. The average Bonchev–Trinajstić information content (AvgIpc) is 2.49. The molecule has 1 aromatic rings. The zero-order chi connectivity index (χ0) is 11.3. The smallest absolute Gasteiger partial charge is 0.0518 e. The molecule has 0 aliphatic carbocycles. The first-order valence-corrected chi connectivity index (χ1v) is 5.67. The molecule has 1 aromatic heterocycles. The van der Waals surface area contributed by atoms with Gasteiger partial charge in [0.15, 0.2) is 0 Å². The van der Waals surface area contributed by atoms with Crippen LogP contribution in [0.25, 0.3) is 0 Å².